The van der Waals surface area contributed by atoms with Crippen LogP contribution in [-0.2, 0) is 14.9 Å². The molecule has 1 aliphatic rings. The first-order valence-corrected chi connectivity index (χ1v) is 11.6. The predicted octanol–water partition coefficient (Wildman–Crippen LogP) is 7.14. The molecule has 1 atom stereocenters. The van der Waals surface area contributed by atoms with Gasteiger partial charge in [0.25, 0.3) is 0 Å². The van der Waals surface area contributed by atoms with Gasteiger partial charge in [0.2, 0.25) is 6.79 Å². The summed E-state index contributed by atoms with van der Waals surface area (Å²) < 4.78 is 11.1. The van der Waals surface area contributed by atoms with Crippen molar-refractivity contribution in [2.45, 2.75) is 104 Å². The van der Waals surface area contributed by atoms with Crippen molar-refractivity contribution in [2.75, 3.05) is 6.79 Å². The zero-order chi connectivity index (χ0) is 22.1. The predicted molar refractivity (Wildman–Crippen MR) is 122 cm³/mol. The van der Waals surface area contributed by atoms with E-state index in [1.165, 1.54) is 24.8 Å². The van der Waals surface area contributed by atoms with E-state index >= 15 is 0 Å². The molecule has 2 rings (SSSR count). The van der Waals surface area contributed by atoms with Crippen LogP contribution in [0.2, 0.25) is 0 Å². The van der Waals surface area contributed by atoms with Crippen molar-refractivity contribution in [3.63, 3.8) is 0 Å². The van der Waals surface area contributed by atoms with Crippen molar-refractivity contribution >= 4 is 5.97 Å². The van der Waals surface area contributed by atoms with Gasteiger partial charge >= 0.3 is 5.97 Å². The fraction of sp³-hybridized carbons (Fsp3) is 0.654. The molecule has 0 fully saturated rings. The molecule has 1 N–H and O–H groups in total. The van der Waals surface area contributed by atoms with E-state index in [2.05, 4.69) is 33.8 Å². The van der Waals surface area contributed by atoms with Crippen LogP contribution in [0.4, 0.5) is 0 Å². The first-order chi connectivity index (χ1) is 14.3. The molecule has 1 unspecified atom stereocenters. The minimum atomic E-state index is -0.290. The van der Waals surface area contributed by atoms with Crippen LogP contribution in [0.5, 0.6) is 11.5 Å². The number of unbranched alkanes of at least 4 members (excludes halogenated alkanes) is 3. The monoisotopic (exact) mass is 416 g/mol. The molecule has 0 aromatic heterocycles. The number of allylic oxidation sites excluding steroid dienone is 2. The first-order valence-electron chi connectivity index (χ1n) is 11.6. The summed E-state index contributed by atoms with van der Waals surface area (Å²) in [5.41, 5.74) is 3.15. The molecule has 0 bridgehead atoms. The Balaban J connectivity index is 2.32. The van der Waals surface area contributed by atoms with Gasteiger partial charge < -0.3 is 14.6 Å². The number of rotatable bonds is 11. The molecule has 0 saturated carbocycles. The largest absolute Gasteiger partial charge is 0.507 e. The Hall–Kier alpha value is -1.97. The van der Waals surface area contributed by atoms with Gasteiger partial charge in [-0.2, -0.15) is 0 Å². The molecule has 0 amide bonds. The third-order valence-electron chi connectivity index (χ3n) is 6.22. The van der Waals surface area contributed by atoms with Gasteiger partial charge in [0.15, 0.2) is 0 Å². The molecule has 1 aliphatic carbocycles. The van der Waals surface area contributed by atoms with Crippen molar-refractivity contribution < 1.29 is 19.4 Å². The lowest BCUT2D eigenvalue weighted by molar-refractivity contribution is -0.149. The van der Waals surface area contributed by atoms with Gasteiger partial charge in [-0.25, -0.2) is 0 Å². The Kier molecular flexibility index (Phi) is 9.26. The van der Waals surface area contributed by atoms with Gasteiger partial charge in [-0.15, -0.1) is 0 Å². The van der Waals surface area contributed by atoms with E-state index in [0.29, 0.717) is 12.2 Å². The smallest absolute Gasteiger partial charge is 0.308 e. The number of phenols is 1. The molecule has 1 aromatic carbocycles. The van der Waals surface area contributed by atoms with Crippen LogP contribution in [0.15, 0.2) is 23.8 Å². The van der Waals surface area contributed by atoms with Crippen molar-refractivity contribution in [1.82, 2.24) is 0 Å². The Morgan fingerprint density at radius 3 is 2.63 bits per heavy atom. The Morgan fingerprint density at radius 1 is 1.20 bits per heavy atom. The van der Waals surface area contributed by atoms with Crippen molar-refractivity contribution in [3.05, 3.63) is 34.9 Å². The van der Waals surface area contributed by atoms with Crippen LogP contribution in [0, 0.1) is 0 Å². The molecule has 1 aromatic rings. The Bertz CT molecular complexity index is 733. The van der Waals surface area contributed by atoms with E-state index in [-0.39, 0.29) is 29.8 Å². The maximum atomic E-state index is 11.5. The number of carbonyl (C=O) groups is 1. The molecule has 4 nitrogen and oxygen atoms in total. The second kappa shape index (κ2) is 11.4. The molecule has 0 spiro atoms. The van der Waals surface area contributed by atoms with Crippen LogP contribution in [0.3, 0.4) is 0 Å². The van der Waals surface area contributed by atoms with Crippen LogP contribution >= 0.6 is 0 Å². The van der Waals surface area contributed by atoms with Gasteiger partial charge in [-0.1, -0.05) is 65.0 Å². The Morgan fingerprint density at radius 2 is 1.97 bits per heavy atom. The van der Waals surface area contributed by atoms with E-state index in [0.717, 1.165) is 43.2 Å². The number of hydrogen-bond donors (Lipinski definition) is 1. The summed E-state index contributed by atoms with van der Waals surface area (Å²) in [4.78, 5) is 11.5. The standard InChI is InChI=1S/C26H40O4/c1-6-8-9-10-14-26(4,5)21-16-22(27)25(20-13-11-12-19(3)15-20)23(17-21)29-18-30-24(28)7-2/h15-17,20,27H,6-14,18H2,1-5H3. The number of ether oxygens (including phenoxy) is 2. The number of aromatic hydroxyl groups is 1. The number of esters is 1. The van der Waals surface area contributed by atoms with Gasteiger partial charge in [0.1, 0.15) is 11.5 Å². The molecule has 30 heavy (non-hydrogen) atoms. The molecule has 0 saturated heterocycles. The van der Waals surface area contributed by atoms with Crippen molar-refractivity contribution in [3.8, 4) is 11.5 Å². The summed E-state index contributed by atoms with van der Waals surface area (Å²) in [7, 11) is 0. The van der Waals surface area contributed by atoms with E-state index in [4.69, 9.17) is 9.47 Å². The van der Waals surface area contributed by atoms with E-state index in [1.807, 2.05) is 12.1 Å². The first kappa shape index (κ1) is 24.3. The van der Waals surface area contributed by atoms with E-state index < -0.39 is 0 Å². The zero-order valence-electron chi connectivity index (χ0n) is 19.6. The topological polar surface area (TPSA) is 55.8 Å². The van der Waals surface area contributed by atoms with Crippen molar-refractivity contribution in [2.24, 2.45) is 0 Å². The summed E-state index contributed by atoms with van der Waals surface area (Å²) in [6, 6.07) is 3.96. The minimum Gasteiger partial charge on any atom is -0.507 e. The number of benzene rings is 1. The molecule has 168 valence electrons. The summed E-state index contributed by atoms with van der Waals surface area (Å²) >= 11 is 0. The van der Waals surface area contributed by atoms with Crippen LogP contribution in [0.1, 0.15) is 109 Å². The lowest BCUT2D eigenvalue weighted by Crippen LogP contribution is -2.18. The highest BCUT2D eigenvalue weighted by atomic mass is 16.7. The third kappa shape index (κ3) is 6.78. The molecule has 4 heteroatoms. The van der Waals surface area contributed by atoms with Gasteiger partial charge in [-0.05, 0) is 55.7 Å². The molecule has 0 heterocycles. The SMILES string of the molecule is CCCCCCC(C)(C)c1cc(O)c(C2C=C(C)CCC2)c(OCOC(=O)CC)c1. The number of carbonyl (C=O) groups excluding carboxylic acids is 1. The number of phenolic OH excluding ortho intramolecular Hbond substituents is 1. The van der Waals surface area contributed by atoms with Gasteiger partial charge in [0.05, 0.1) is 0 Å². The second-order valence-electron chi connectivity index (χ2n) is 9.25. The highest BCUT2D eigenvalue weighted by Crippen LogP contribution is 2.44. The average molecular weight is 417 g/mol. The zero-order valence-corrected chi connectivity index (χ0v) is 19.6. The molecule has 0 radical (unpaired) electrons. The second-order valence-corrected chi connectivity index (χ2v) is 9.25. The van der Waals surface area contributed by atoms with E-state index in [9.17, 15) is 9.90 Å². The summed E-state index contributed by atoms with van der Waals surface area (Å²) in [5.74, 6) is 0.743. The lowest BCUT2D eigenvalue weighted by atomic mass is 9.78. The van der Waals surface area contributed by atoms with Gasteiger partial charge in [0, 0.05) is 17.9 Å². The average Bonchev–Trinajstić information content (AvgIpc) is 2.70. The van der Waals surface area contributed by atoms with E-state index in [1.54, 1.807) is 6.92 Å². The lowest BCUT2D eigenvalue weighted by Gasteiger charge is -2.29. The highest BCUT2D eigenvalue weighted by Gasteiger charge is 2.27. The fourth-order valence-electron chi connectivity index (χ4n) is 4.23. The van der Waals surface area contributed by atoms with Crippen molar-refractivity contribution in [1.29, 1.82) is 0 Å². The molecule has 0 aliphatic heterocycles. The van der Waals surface area contributed by atoms with Crippen LogP contribution in [-0.4, -0.2) is 17.9 Å². The minimum absolute atomic E-state index is 0.0692. The summed E-state index contributed by atoms with van der Waals surface area (Å²) in [6.45, 7) is 10.4. The third-order valence-corrected chi connectivity index (χ3v) is 6.22. The van der Waals surface area contributed by atoms with Crippen LogP contribution in [0.25, 0.3) is 0 Å². The molecular weight excluding hydrogens is 376 g/mol. The quantitative estimate of drug-likeness (QED) is 0.180. The Labute approximate surface area is 182 Å². The van der Waals surface area contributed by atoms with Gasteiger partial charge in [-0.3, -0.25) is 4.79 Å². The maximum Gasteiger partial charge on any atom is 0.308 e. The summed E-state index contributed by atoms with van der Waals surface area (Å²) in [6.07, 6.45) is 11.7. The normalized spacial score (nSPS) is 16.8. The number of hydrogen-bond acceptors (Lipinski definition) is 4. The summed E-state index contributed by atoms with van der Waals surface area (Å²) in [5, 5.41) is 11.0. The van der Waals surface area contributed by atoms with Crippen LogP contribution < -0.4 is 4.74 Å². The molecular formula is C26H40O4. The highest BCUT2D eigenvalue weighted by molar-refractivity contribution is 5.68. The fourth-order valence-corrected chi connectivity index (χ4v) is 4.23. The maximum absolute atomic E-state index is 11.5.